The molecule has 5 heteroatoms. The van der Waals surface area contributed by atoms with Gasteiger partial charge in [0, 0.05) is 20.2 Å². The number of guanidine groups is 1. The first kappa shape index (κ1) is 17.2. The van der Waals surface area contributed by atoms with Crippen molar-refractivity contribution in [1.29, 1.82) is 0 Å². The minimum atomic E-state index is 0. The van der Waals surface area contributed by atoms with Gasteiger partial charge < -0.3 is 15.4 Å². The lowest BCUT2D eigenvalue weighted by atomic mass is 10.1. The molecule has 0 radical (unpaired) electrons. The summed E-state index contributed by atoms with van der Waals surface area (Å²) in [5, 5.41) is 0. The molecule has 1 fully saturated rings. The summed E-state index contributed by atoms with van der Waals surface area (Å²) in [5.41, 5.74) is 8.43. The molecular weight excluding hydrogens is 365 g/mol. The lowest BCUT2D eigenvalue weighted by Crippen LogP contribution is -2.40. The van der Waals surface area contributed by atoms with Crippen molar-refractivity contribution in [3.05, 3.63) is 35.4 Å². The van der Waals surface area contributed by atoms with E-state index in [0.717, 1.165) is 13.1 Å². The van der Waals surface area contributed by atoms with E-state index in [-0.39, 0.29) is 24.0 Å². The van der Waals surface area contributed by atoms with Gasteiger partial charge in [-0.2, -0.15) is 0 Å². The van der Waals surface area contributed by atoms with Crippen LogP contribution in [0.3, 0.4) is 0 Å². The van der Waals surface area contributed by atoms with Crippen LogP contribution in [0.4, 0.5) is 0 Å². The Morgan fingerprint density at radius 1 is 1.20 bits per heavy atom. The summed E-state index contributed by atoms with van der Waals surface area (Å²) in [4.78, 5) is 6.71. The zero-order chi connectivity index (χ0) is 13.5. The predicted molar refractivity (Wildman–Crippen MR) is 93.3 cm³/mol. The van der Waals surface area contributed by atoms with Crippen LogP contribution in [0.25, 0.3) is 0 Å². The molecule has 0 unspecified atom stereocenters. The molecule has 1 aromatic rings. The number of hydrogen-bond acceptors (Lipinski definition) is 2. The molecule has 2 N–H and O–H groups in total. The van der Waals surface area contributed by atoms with Crippen LogP contribution in [0.15, 0.2) is 29.3 Å². The van der Waals surface area contributed by atoms with Gasteiger partial charge >= 0.3 is 0 Å². The van der Waals surface area contributed by atoms with Gasteiger partial charge in [0.1, 0.15) is 0 Å². The number of aliphatic imine (C=N–C) groups is 1. The molecule has 1 saturated heterocycles. The first-order chi connectivity index (χ1) is 9.31. The SMILES string of the molecule is COCc1ccccc1CN=C(N)N1CCCCC1.I. The molecule has 0 aromatic heterocycles. The molecule has 0 amide bonds. The number of likely N-dealkylation sites (tertiary alicyclic amines) is 1. The number of benzene rings is 1. The Bertz CT molecular complexity index is 431. The number of ether oxygens (including phenoxy) is 1. The van der Waals surface area contributed by atoms with Gasteiger partial charge in [0.15, 0.2) is 5.96 Å². The molecule has 0 spiro atoms. The zero-order valence-electron chi connectivity index (χ0n) is 12.0. The third-order valence-electron chi connectivity index (χ3n) is 3.51. The highest BCUT2D eigenvalue weighted by Crippen LogP contribution is 2.12. The summed E-state index contributed by atoms with van der Waals surface area (Å²) in [6.07, 6.45) is 3.74. The van der Waals surface area contributed by atoms with Gasteiger partial charge in [-0.3, -0.25) is 0 Å². The quantitative estimate of drug-likeness (QED) is 0.490. The van der Waals surface area contributed by atoms with Crippen LogP contribution < -0.4 is 5.73 Å². The Morgan fingerprint density at radius 2 is 1.85 bits per heavy atom. The predicted octanol–water partition coefficient (Wildman–Crippen LogP) is 2.75. The number of piperidine rings is 1. The summed E-state index contributed by atoms with van der Waals surface area (Å²) >= 11 is 0. The highest BCUT2D eigenvalue weighted by molar-refractivity contribution is 14.0. The largest absolute Gasteiger partial charge is 0.380 e. The van der Waals surface area contributed by atoms with Gasteiger partial charge in [0.2, 0.25) is 0 Å². The van der Waals surface area contributed by atoms with Gasteiger partial charge in [-0.05, 0) is 30.4 Å². The Hall–Kier alpha value is -0.820. The van der Waals surface area contributed by atoms with Crippen molar-refractivity contribution >= 4 is 29.9 Å². The Balaban J connectivity index is 0.00000200. The lowest BCUT2D eigenvalue weighted by molar-refractivity contribution is 0.184. The number of hydrogen-bond donors (Lipinski definition) is 1. The molecule has 20 heavy (non-hydrogen) atoms. The number of rotatable bonds is 4. The van der Waals surface area contributed by atoms with Crippen molar-refractivity contribution in [2.45, 2.75) is 32.4 Å². The van der Waals surface area contributed by atoms with Crippen molar-refractivity contribution in [2.75, 3.05) is 20.2 Å². The zero-order valence-corrected chi connectivity index (χ0v) is 14.4. The Morgan fingerprint density at radius 3 is 2.50 bits per heavy atom. The van der Waals surface area contributed by atoms with Gasteiger partial charge in [-0.1, -0.05) is 24.3 Å². The van der Waals surface area contributed by atoms with E-state index in [0.29, 0.717) is 19.1 Å². The van der Waals surface area contributed by atoms with E-state index in [1.165, 1.54) is 30.4 Å². The number of nitrogens with zero attached hydrogens (tertiary/aromatic N) is 2. The Kier molecular flexibility index (Phi) is 7.91. The van der Waals surface area contributed by atoms with Crippen molar-refractivity contribution in [3.8, 4) is 0 Å². The lowest BCUT2D eigenvalue weighted by Gasteiger charge is -2.27. The molecule has 0 saturated carbocycles. The smallest absolute Gasteiger partial charge is 0.191 e. The Labute approximate surface area is 138 Å². The van der Waals surface area contributed by atoms with E-state index >= 15 is 0 Å². The van der Waals surface area contributed by atoms with Gasteiger partial charge in [0.25, 0.3) is 0 Å². The van der Waals surface area contributed by atoms with Crippen molar-refractivity contribution in [2.24, 2.45) is 10.7 Å². The van der Waals surface area contributed by atoms with E-state index in [9.17, 15) is 0 Å². The van der Waals surface area contributed by atoms with Gasteiger partial charge in [0.05, 0.1) is 13.2 Å². The fourth-order valence-electron chi connectivity index (χ4n) is 2.40. The van der Waals surface area contributed by atoms with E-state index in [2.05, 4.69) is 22.0 Å². The van der Waals surface area contributed by atoms with Crippen molar-refractivity contribution < 1.29 is 4.74 Å². The molecule has 112 valence electrons. The second kappa shape index (κ2) is 9.18. The molecule has 4 nitrogen and oxygen atoms in total. The summed E-state index contributed by atoms with van der Waals surface area (Å²) in [7, 11) is 1.71. The van der Waals surface area contributed by atoms with Gasteiger partial charge in [-0.25, -0.2) is 4.99 Å². The van der Waals surface area contributed by atoms with Crippen molar-refractivity contribution in [1.82, 2.24) is 4.90 Å². The molecular formula is C15H24IN3O. The fraction of sp³-hybridized carbons (Fsp3) is 0.533. The minimum absolute atomic E-state index is 0. The summed E-state index contributed by atoms with van der Waals surface area (Å²) < 4.78 is 5.20. The van der Waals surface area contributed by atoms with Crippen LogP contribution in [0, 0.1) is 0 Å². The maximum atomic E-state index is 6.06. The van der Waals surface area contributed by atoms with E-state index in [1.807, 2.05) is 12.1 Å². The minimum Gasteiger partial charge on any atom is -0.380 e. The standard InChI is InChI=1S/C15H23N3O.HI/c1-19-12-14-8-4-3-7-13(14)11-17-15(16)18-9-5-2-6-10-18;/h3-4,7-8H,2,5-6,9-12H2,1H3,(H2,16,17);1H. The molecule has 2 rings (SSSR count). The molecule has 1 aliphatic heterocycles. The molecule has 1 aliphatic rings. The number of nitrogens with two attached hydrogens (primary N) is 1. The molecule has 0 aliphatic carbocycles. The fourth-order valence-corrected chi connectivity index (χ4v) is 2.40. The first-order valence-corrected chi connectivity index (χ1v) is 6.92. The maximum absolute atomic E-state index is 6.06. The highest BCUT2D eigenvalue weighted by atomic mass is 127. The summed E-state index contributed by atoms with van der Waals surface area (Å²) in [6, 6.07) is 8.21. The van der Waals surface area contributed by atoms with Crippen LogP contribution >= 0.6 is 24.0 Å². The van der Waals surface area contributed by atoms with Crippen LogP contribution in [0.5, 0.6) is 0 Å². The third-order valence-corrected chi connectivity index (χ3v) is 3.51. The van der Waals surface area contributed by atoms with Gasteiger partial charge in [-0.15, -0.1) is 24.0 Å². The molecule has 1 aromatic carbocycles. The van der Waals surface area contributed by atoms with E-state index in [1.54, 1.807) is 7.11 Å². The van der Waals surface area contributed by atoms with Crippen LogP contribution in [0.1, 0.15) is 30.4 Å². The summed E-state index contributed by atoms with van der Waals surface area (Å²) in [5.74, 6) is 0.673. The van der Waals surface area contributed by atoms with Crippen LogP contribution in [0.2, 0.25) is 0 Å². The first-order valence-electron chi connectivity index (χ1n) is 6.92. The normalized spacial score (nSPS) is 15.8. The van der Waals surface area contributed by atoms with Crippen LogP contribution in [-0.4, -0.2) is 31.1 Å². The number of halogens is 1. The highest BCUT2D eigenvalue weighted by Gasteiger charge is 2.11. The second-order valence-corrected chi connectivity index (χ2v) is 4.92. The molecule has 1 heterocycles. The summed E-state index contributed by atoms with van der Waals surface area (Å²) in [6.45, 7) is 3.32. The molecule has 0 atom stereocenters. The average molecular weight is 389 g/mol. The average Bonchev–Trinajstić information content (AvgIpc) is 2.47. The monoisotopic (exact) mass is 389 g/mol. The van der Waals surface area contributed by atoms with E-state index < -0.39 is 0 Å². The topological polar surface area (TPSA) is 50.9 Å². The number of methoxy groups -OCH3 is 1. The van der Waals surface area contributed by atoms with Crippen LogP contribution in [-0.2, 0) is 17.9 Å². The van der Waals surface area contributed by atoms with Crippen molar-refractivity contribution in [3.63, 3.8) is 0 Å². The van der Waals surface area contributed by atoms with E-state index in [4.69, 9.17) is 10.5 Å². The molecule has 0 bridgehead atoms. The third kappa shape index (κ3) is 4.94. The maximum Gasteiger partial charge on any atom is 0.191 e. The second-order valence-electron chi connectivity index (χ2n) is 4.92.